The van der Waals surface area contributed by atoms with Crippen LogP contribution in [0, 0.1) is 6.92 Å². The minimum atomic E-state index is -1.75. The zero-order valence-electron chi connectivity index (χ0n) is 24.4. The molecule has 41 heavy (non-hydrogen) atoms. The molecule has 0 unspecified atom stereocenters. The van der Waals surface area contributed by atoms with Crippen LogP contribution in [0.1, 0.15) is 49.7 Å². The van der Waals surface area contributed by atoms with Crippen LogP contribution in [0.3, 0.4) is 0 Å². The number of allylic oxidation sites excluding steroid dienone is 1. The number of unbranched alkanes of at least 4 members (excludes halogenated alkanes) is 5. The van der Waals surface area contributed by atoms with Crippen molar-refractivity contribution >= 4 is 29.3 Å². The van der Waals surface area contributed by atoms with E-state index in [4.69, 9.17) is 9.47 Å². The third kappa shape index (κ3) is 6.77. The minimum Gasteiger partial charge on any atom is -0.504 e. The number of phenols is 2. The number of hydrogen-bond acceptors (Lipinski definition) is 4. The van der Waals surface area contributed by atoms with Gasteiger partial charge in [0, 0.05) is 11.1 Å². The normalized spacial score (nSPS) is 11.6. The van der Waals surface area contributed by atoms with Crippen LogP contribution >= 0.6 is 7.26 Å². The Morgan fingerprint density at radius 2 is 1.05 bits per heavy atom. The van der Waals surface area contributed by atoms with E-state index < -0.39 is 7.26 Å². The van der Waals surface area contributed by atoms with Crippen LogP contribution < -0.4 is 25.4 Å². The molecule has 0 heterocycles. The number of ether oxygens (including phenoxy) is 2. The molecule has 0 aliphatic heterocycles. The second kappa shape index (κ2) is 14.8. The Hall–Kier alpha value is -3.75. The van der Waals surface area contributed by atoms with Crippen LogP contribution in [0.15, 0.2) is 97.1 Å². The molecule has 0 amide bonds. The van der Waals surface area contributed by atoms with Gasteiger partial charge in [-0.15, -0.1) is 0 Å². The quantitative estimate of drug-likeness (QED) is 0.0925. The molecular weight excluding hydrogens is 527 g/mol. The molecule has 4 aromatic rings. The molecule has 0 radical (unpaired) electrons. The summed E-state index contributed by atoms with van der Waals surface area (Å²) in [6, 6.07) is 33.3. The zero-order valence-corrected chi connectivity index (χ0v) is 25.3. The van der Waals surface area contributed by atoms with Crippen molar-refractivity contribution in [3.8, 4) is 23.0 Å². The van der Waals surface area contributed by atoms with Gasteiger partial charge in [-0.3, -0.25) is 0 Å². The highest BCUT2D eigenvalue weighted by molar-refractivity contribution is 7.95. The molecule has 0 aliphatic carbocycles. The lowest BCUT2D eigenvalue weighted by Crippen LogP contribution is -2.33. The number of phenolic OH excluding ortho intramolecular Hbond substituents is 2. The average molecular weight is 570 g/mol. The first-order chi connectivity index (χ1) is 20.0. The monoisotopic (exact) mass is 569 g/mol. The van der Waals surface area contributed by atoms with E-state index in [1.165, 1.54) is 49.4 Å². The predicted molar refractivity (Wildman–Crippen MR) is 174 cm³/mol. The molecule has 0 saturated heterocycles. The maximum atomic E-state index is 10.7. The third-order valence-corrected chi connectivity index (χ3v) is 12.3. The van der Waals surface area contributed by atoms with Gasteiger partial charge in [-0.25, -0.2) is 0 Å². The van der Waals surface area contributed by atoms with Gasteiger partial charge >= 0.3 is 0 Å². The molecular formula is C36H42O4P+. The number of aromatic hydroxyl groups is 2. The second-order valence-electron chi connectivity index (χ2n) is 10.3. The fraction of sp³-hybridized carbons (Fsp3) is 0.278. The Morgan fingerprint density at radius 1 is 0.610 bits per heavy atom. The number of rotatable bonds is 14. The molecule has 0 spiro atoms. The molecule has 0 aliphatic rings. The van der Waals surface area contributed by atoms with Gasteiger partial charge in [-0.1, -0.05) is 79.6 Å². The van der Waals surface area contributed by atoms with E-state index in [-0.39, 0.29) is 23.0 Å². The third-order valence-electron chi connectivity index (χ3n) is 7.80. The topological polar surface area (TPSA) is 58.9 Å². The minimum absolute atomic E-state index is 0.0118. The lowest BCUT2D eigenvalue weighted by molar-refractivity contribution is 0.315. The Balaban J connectivity index is 1.37. The van der Waals surface area contributed by atoms with Crippen molar-refractivity contribution in [2.75, 3.05) is 20.4 Å². The van der Waals surface area contributed by atoms with Crippen LogP contribution in [0.25, 0.3) is 6.08 Å². The molecule has 4 aromatic carbocycles. The van der Waals surface area contributed by atoms with Gasteiger partial charge in [0.2, 0.25) is 11.5 Å². The van der Waals surface area contributed by atoms with Crippen molar-refractivity contribution < 1.29 is 19.7 Å². The van der Waals surface area contributed by atoms with Gasteiger partial charge in [0.05, 0.1) is 20.4 Å². The lowest BCUT2D eigenvalue weighted by atomic mass is 10.0. The van der Waals surface area contributed by atoms with Gasteiger partial charge < -0.3 is 19.7 Å². The molecule has 4 rings (SSSR count). The summed E-state index contributed by atoms with van der Waals surface area (Å²) < 4.78 is 10.5. The van der Waals surface area contributed by atoms with Gasteiger partial charge in [-0.05, 0) is 69.0 Å². The molecule has 214 valence electrons. The van der Waals surface area contributed by atoms with E-state index in [1.54, 1.807) is 6.92 Å². The molecule has 0 saturated carbocycles. The zero-order chi connectivity index (χ0) is 29.1. The van der Waals surface area contributed by atoms with Gasteiger partial charge in [0.1, 0.15) is 23.2 Å². The van der Waals surface area contributed by atoms with Crippen LogP contribution in [0.2, 0.25) is 0 Å². The first-order valence-corrected chi connectivity index (χ1v) is 16.4. The SMILES string of the molecule is COc1c(O)c(C)c(/C=C/CCCCCCC[P+](c2ccccc2)(c2ccccc2)c2ccccc2)c(O)c1OC. The van der Waals surface area contributed by atoms with Crippen LogP contribution in [0.4, 0.5) is 0 Å². The summed E-state index contributed by atoms with van der Waals surface area (Å²) in [6.45, 7) is 1.76. The predicted octanol–water partition coefficient (Wildman–Crippen LogP) is 7.77. The van der Waals surface area contributed by atoms with Gasteiger partial charge in [0.25, 0.3) is 0 Å². The Morgan fingerprint density at radius 3 is 1.54 bits per heavy atom. The van der Waals surface area contributed by atoms with Crippen LogP contribution in [-0.4, -0.2) is 30.6 Å². The largest absolute Gasteiger partial charge is 0.504 e. The molecule has 0 bridgehead atoms. The van der Waals surface area contributed by atoms with E-state index in [9.17, 15) is 10.2 Å². The molecule has 0 fully saturated rings. The summed E-state index contributed by atoms with van der Waals surface area (Å²) in [5.74, 6) is 0.272. The number of methoxy groups -OCH3 is 2. The van der Waals surface area contributed by atoms with E-state index in [0.29, 0.717) is 11.1 Å². The average Bonchev–Trinajstić information content (AvgIpc) is 3.02. The highest BCUT2D eigenvalue weighted by Crippen LogP contribution is 2.56. The van der Waals surface area contributed by atoms with Crippen molar-refractivity contribution in [1.82, 2.24) is 0 Å². The number of benzene rings is 4. The van der Waals surface area contributed by atoms with E-state index >= 15 is 0 Å². The maximum absolute atomic E-state index is 10.7. The molecule has 4 nitrogen and oxygen atoms in total. The number of hydrogen-bond donors (Lipinski definition) is 2. The summed E-state index contributed by atoms with van der Waals surface area (Å²) in [6.07, 6.45) is 11.8. The first kappa shape index (κ1) is 30.2. The summed E-state index contributed by atoms with van der Waals surface area (Å²) in [5, 5.41) is 25.5. The van der Waals surface area contributed by atoms with Crippen LogP contribution in [-0.2, 0) is 0 Å². The maximum Gasteiger partial charge on any atom is 0.207 e. The Kier molecular flexibility index (Phi) is 10.9. The fourth-order valence-electron chi connectivity index (χ4n) is 5.62. The molecule has 5 heteroatoms. The van der Waals surface area contributed by atoms with Crippen LogP contribution in [0.5, 0.6) is 23.0 Å². The Labute approximate surface area is 245 Å². The fourth-order valence-corrected chi connectivity index (χ4v) is 10.0. The van der Waals surface area contributed by atoms with Gasteiger partial charge in [0.15, 0.2) is 11.5 Å². The van der Waals surface area contributed by atoms with Gasteiger partial charge in [-0.2, -0.15) is 0 Å². The summed E-state index contributed by atoms with van der Waals surface area (Å²) in [4.78, 5) is 0. The first-order valence-electron chi connectivity index (χ1n) is 14.4. The van der Waals surface area contributed by atoms with Crippen molar-refractivity contribution in [2.24, 2.45) is 0 Å². The highest BCUT2D eigenvalue weighted by atomic mass is 31.2. The smallest absolute Gasteiger partial charge is 0.207 e. The molecule has 0 atom stereocenters. The second-order valence-corrected chi connectivity index (χ2v) is 13.9. The van der Waals surface area contributed by atoms with E-state index in [0.717, 1.165) is 25.4 Å². The summed E-state index contributed by atoms with van der Waals surface area (Å²) >= 11 is 0. The summed E-state index contributed by atoms with van der Waals surface area (Å²) in [5.41, 5.74) is 1.13. The summed E-state index contributed by atoms with van der Waals surface area (Å²) in [7, 11) is 1.14. The van der Waals surface area contributed by atoms with Crippen molar-refractivity contribution in [1.29, 1.82) is 0 Å². The lowest BCUT2D eigenvalue weighted by Gasteiger charge is -2.27. The Bertz CT molecular complexity index is 1310. The van der Waals surface area contributed by atoms with Crippen molar-refractivity contribution in [3.63, 3.8) is 0 Å². The van der Waals surface area contributed by atoms with Crippen molar-refractivity contribution in [2.45, 2.75) is 45.4 Å². The van der Waals surface area contributed by atoms with E-state index in [1.807, 2.05) is 6.08 Å². The van der Waals surface area contributed by atoms with Crippen molar-refractivity contribution in [3.05, 3.63) is 108 Å². The highest BCUT2D eigenvalue weighted by Gasteiger charge is 2.44. The molecule has 2 N–H and O–H groups in total. The standard InChI is InChI=1S/C36H41O4P/c1-28-32(34(38)36(40-3)35(39-2)33(28)37)26-18-7-5-4-6-8-19-27-41(29-20-12-9-13-21-29,30-22-14-10-15-23-30)31-24-16-11-17-25-31/h9-18,20-26H,4-8,19,27H2,1-3H3,(H-,37,38)/p+1/b26-18+. The molecule has 0 aromatic heterocycles. The van der Waals surface area contributed by atoms with E-state index in [2.05, 4.69) is 97.1 Å².